The smallest absolute Gasteiger partial charge is 0.00217 e. The van der Waals surface area contributed by atoms with Gasteiger partial charge in [0.1, 0.15) is 0 Å². The Morgan fingerprint density at radius 2 is 0.612 bits per heavy atom. The zero-order chi connectivity index (χ0) is 34.1. The van der Waals surface area contributed by atoms with E-state index in [0.717, 1.165) is 5.90 Å². The van der Waals surface area contributed by atoms with Crippen LogP contribution in [0.15, 0.2) is 115 Å². The van der Waals surface area contributed by atoms with E-state index >= 15 is 0 Å². The van der Waals surface area contributed by atoms with E-state index in [-0.39, 0.29) is 40.2 Å². The third kappa shape index (κ3) is 11.5. The largest absolute Gasteiger partial charge is 0.176 e. The standard InChI is InChI=1S/C25H21P2.2C10H15.2Ir/c1-5-13-22(14-6-1)26(23-15-7-2-8-16-23)21-27(24-17-9-3-10-18-24)25-19-11-4-12-20-25;2*1-6-7(2)9(4)10(5)8(6)3;;/h1-19H,21H2;2*1-5H3;;/q-1;;;;. The fourth-order valence-electron chi connectivity index (χ4n) is 5.94. The Balaban J connectivity index is 0.000000313. The number of hydrogen-bond donors (Lipinski definition) is 0. The molecule has 0 heterocycles. The summed E-state index contributed by atoms with van der Waals surface area (Å²) in [4.78, 5) is 0. The van der Waals surface area contributed by atoms with Crippen molar-refractivity contribution < 1.29 is 40.2 Å². The first kappa shape index (κ1) is 44.2. The fraction of sp³-hybridized carbons (Fsp3) is 0.244. The summed E-state index contributed by atoms with van der Waals surface area (Å²) in [6, 6.07) is 44.9. The number of rotatable bonds is 6. The van der Waals surface area contributed by atoms with Gasteiger partial charge in [0, 0.05) is 46.1 Å². The first-order chi connectivity index (χ1) is 22.5. The summed E-state index contributed by atoms with van der Waals surface area (Å²) in [7, 11) is -0.893. The van der Waals surface area contributed by atoms with Crippen LogP contribution in [-0.4, -0.2) is 5.90 Å². The molecule has 4 heteroatoms. The van der Waals surface area contributed by atoms with Crippen LogP contribution in [0, 0.1) is 65.2 Å². The zero-order valence-corrected chi connectivity index (χ0v) is 37.3. The zero-order valence-electron chi connectivity index (χ0n) is 30.7. The molecule has 2 aliphatic rings. The summed E-state index contributed by atoms with van der Waals surface area (Å²) < 4.78 is 0. The first-order valence-corrected chi connectivity index (χ1v) is 19.6. The average molecular weight is 1040 g/mol. The van der Waals surface area contributed by atoms with Crippen LogP contribution in [0.3, 0.4) is 0 Å². The topological polar surface area (TPSA) is 0 Å². The minimum absolute atomic E-state index is 0. The van der Waals surface area contributed by atoms with Gasteiger partial charge in [-0.05, 0) is 83.0 Å². The molecule has 0 saturated heterocycles. The van der Waals surface area contributed by atoms with Crippen molar-refractivity contribution in [2.24, 2.45) is 0 Å². The first-order valence-electron chi connectivity index (χ1n) is 16.6. The second-order valence-electron chi connectivity index (χ2n) is 12.5. The minimum atomic E-state index is -0.464. The van der Waals surface area contributed by atoms with Gasteiger partial charge in [-0.15, -0.1) is 5.30 Å². The summed E-state index contributed by atoms with van der Waals surface area (Å²) in [6.07, 6.45) is 0. The summed E-state index contributed by atoms with van der Waals surface area (Å²) >= 11 is 0. The summed E-state index contributed by atoms with van der Waals surface area (Å²) in [5, 5.41) is 5.64. The van der Waals surface area contributed by atoms with Crippen LogP contribution in [0.25, 0.3) is 0 Å². The molecule has 2 aliphatic carbocycles. The van der Waals surface area contributed by atoms with Crippen LogP contribution in [0.5, 0.6) is 0 Å². The Hall–Kier alpha value is -0.961. The molecule has 6 rings (SSSR count). The van der Waals surface area contributed by atoms with Crippen LogP contribution in [0.2, 0.25) is 0 Å². The molecule has 0 spiro atoms. The Morgan fingerprint density at radius 3 is 0.878 bits per heavy atom. The minimum Gasteiger partial charge on any atom is -0.176 e. The summed E-state index contributed by atoms with van der Waals surface area (Å²) in [5.74, 6) is 15.8. The van der Waals surface area contributed by atoms with Crippen LogP contribution >= 0.6 is 15.8 Å². The SMILES string of the molecule is C[C]1[C](C)[C](C)[C](C)[C]1C.C[C]1[C](C)[C](C)[C](C)[C]1C.[Ir].[Ir].[c-]1ccccc1P(CP(c1ccccc1)c1ccccc1)c1ccccc1. The summed E-state index contributed by atoms with van der Waals surface area (Å²) in [5.41, 5.74) is 0. The molecule has 0 aliphatic heterocycles. The van der Waals surface area contributed by atoms with Crippen LogP contribution < -0.4 is 21.2 Å². The van der Waals surface area contributed by atoms with Crippen molar-refractivity contribution >= 4 is 37.1 Å². The second-order valence-corrected chi connectivity index (χ2v) is 17.4. The fourth-order valence-corrected chi connectivity index (χ4v) is 12.3. The van der Waals surface area contributed by atoms with Gasteiger partial charge in [0.2, 0.25) is 0 Å². The van der Waals surface area contributed by atoms with Gasteiger partial charge in [-0.25, -0.2) is 0 Å². The maximum Gasteiger partial charge on any atom is 0.00217 e. The van der Waals surface area contributed by atoms with Crippen molar-refractivity contribution in [3.05, 3.63) is 181 Å². The van der Waals surface area contributed by atoms with E-state index in [9.17, 15) is 0 Å². The molecule has 0 amide bonds. The monoisotopic (exact) mass is 1040 g/mol. The van der Waals surface area contributed by atoms with Crippen molar-refractivity contribution in [1.29, 1.82) is 0 Å². The van der Waals surface area contributed by atoms with Gasteiger partial charge >= 0.3 is 0 Å². The quantitative estimate of drug-likeness (QED) is 0.133. The molecule has 12 radical (unpaired) electrons. The molecular formula is C45H51Ir2P2-. The normalized spacial score (nSPS) is 18.3. The molecule has 4 aromatic rings. The van der Waals surface area contributed by atoms with Crippen molar-refractivity contribution in [3.8, 4) is 0 Å². The molecule has 0 bridgehead atoms. The molecule has 4 aromatic carbocycles. The maximum absolute atomic E-state index is 3.51. The van der Waals surface area contributed by atoms with E-state index < -0.39 is 15.8 Å². The van der Waals surface area contributed by atoms with E-state index in [1.807, 2.05) is 6.07 Å². The predicted molar refractivity (Wildman–Crippen MR) is 211 cm³/mol. The van der Waals surface area contributed by atoms with E-state index in [4.69, 9.17) is 0 Å². The van der Waals surface area contributed by atoms with Gasteiger partial charge in [0.25, 0.3) is 0 Å². The van der Waals surface area contributed by atoms with E-state index in [1.165, 1.54) is 80.4 Å². The maximum atomic E-state index is 3.51. The van der Waals surface area contributed by atoms with Crippen molar-refractivity contribution in [2.75, 3.05) is 5.90 Å². The van der Waals surface area contributed by atoms with Crippen LogP contribution in [0.4, 0.5) is 0 Å². The van der Waals surface area contributed by atoms with E-state index in [0.29, 0.717) is 0 Å². The Kier molecular flexibility index (Phi) is 19.4. The van der Waals surface area contributed by atoms with E-state index in [2.05, 4.69) is 184 Å². The molecule has 2 fully saturated rings. The Labute approximate surface area is 330 Å². The molecule has 0 N–H and O–H groups in total. The van der Waals surface area contributed by atoms with Crippen LogP contribution in [0.1, 0.15) is 69.2 Å². The third-order valence-corrected chi connectivity index (χ3v) is 16.0. The van der Waals surface area contributed by atoms with E-state index in [1.54, 1.807) is 0 Å². The molecule has 0 nitrogen and oxygen atoms in total. The predicted octanol–water partition coefficient (Wildman–Crippen LogP) is 10.9. The molecule has 0 aromatic heterocycles. The third-order valence-electron chi connectivity index (χ3n) is 10.1. The van der Waals surface area contributed by atoms with Gasteiger partial charge in [0.05, 0.1) is 0 Å². The molecule has 49 heavy (non-hydrogen) atoms. The van der Waals surface area contributed by atoms with Gasteiger partial charge in [0.15, 0.2) is 0 Å². The molecule has 1 unspecified atom stereocenters. The van der Waals surface area contributed by atoms with Gasteiger partial charge in [-0.2, -0.15) is 30.3 Å². The molecular weight excluding hydrogens is 987 g/mol. The van der Waals surface area contributed by atoms with Crippen molar-refractivity contribution in [1.82, 2.24) is 0 Å². The van der Waals surface area contributed by atoms with Crippen molar-refractivity contribution in [3.63, 3.8) is 0 Å². The second kappa shape index (κ2) is 21.5. The van der Waals surface area contributed by atoms with Crippen molar-refractivity contribution in [2.45, 2.75) is 69.2 Å². The van der Waals surface area contributed by atoms with Gasteiger partial charge < -0.3 is 0 Å². The number of benzene rings is 4. The Bertz CT molecular complexity index is 1150. The number of hydrogen-bond acceptors (Lipinski definition) is 0. The summed E-state index contributed by atoms with van der Waals surface area (Å²) in [6.45, 7) is 22.0. The molecule has 260 valence electrons. The van der Waals surface area contributed by atoms with Gasteiger partial charge in [-0.3, -0.25) is 0 Å². The molecule has 2 saturated carbocycles. The Morgan fingerprint density at radius 1 is 0.347 bits per heavy atom. The van der Waals surface area contributed by atoms with Crippen LogP contribution in [-0.2, 0) is 40.2 Å². The van der Waals surface area contributed by atoms with Gasteiger partial charge in [-0.1, -0.05) is 168 Å². The molecule has 1 atom stereocenters. The average Bonchev–Trinajstić information content (AvgIpc) is 3.40.